The summed E-state index contributed by atoms with van der Waals surface area (Å²) in [5.74, 6) is -0.0836. The van der Waals surface area contributed by atoms with E-state index in [0.717, 1.165) is 26.4 Å². The van der Waals surface area contributed by atoms with Gasteiger partial charge in [0.15, 0.2) is 0 Å². The zero-order valence-electron chi connectivity index (χ0n) is 15.4. The Kier molecular flexibility index (Phi) is 6.59. The largest absolute Gasteiger partial charge is 0.355 e. The minimum atomic E-state index is -0.0836. The van der Waals surface area contributed by atoms with Gasteiger partial charge in [-0.3, -0.25) is 14.9 Å². The maximum Gasteiger partial charge on any atom is 0.252 e. The average molecular weight is 388 g/mol. The number of nitrogens with one attached hydrogen (secondary N) is 2. The predicted octanol–water partition coefficient (Wildman–Crippen LogP) is 4.80. The van der Waals surface area contributed by atoms with Gasteiger partial charge in [-0.2, -0.15) is 5.10 Å². The van der Waals surface area contributed by atoms with Gasteiger partial charge in [0.25, 0.3) is 5.91 Å². The summed E-state index contributed by atoms with van der Waals surface area (Å²) in [4.78, 5) is 17.7. The Morgan fingerprint density at radius 3 is 2.54 bits per heavy atom. The Hall–Kier alpha value is -3.38. The molecule has 2 N–H and O–H groups in total. The number of H-pyrrole nitrogens is 1. The van der Waals surface area contributed by atoms with E-state index in [9.17, 15) is 4.79 Å². The zero-order chi connectivity index (χ0) is 19.8. The van der Waals surface area contributed by atoms with E-state index in [2.05, 4.69) is 27.1 Å². The van der Waals surface area contributed by atoms with Crippen LogP contribution in [0.15, 0.2) is 89.4 Å². The van der Waals surface area contributed by atoms with E-state index >= 15 is 0 Å². The number of carbonyl (C=O) groups excluding carboxylic acids is 1. The van der Waals surface area contributed by atoms with Gasteiger partial charge in [-0.1, -0.05) is 36.5 Å². The summed E-state index contributed by atoms with van der Waals surface area (Å²) in [6.07, 6.45) is 5.23. The molecular weight excluding hydrogens is 368 g/mol. The van der Waals surface area contributed by atoms with E-state index in [1.807, 2.05) is 60.7 Å². The van der Waals surface area contributed by atoms with Crippen LogP contribution in [0.4, 0.5) is 0 Å². The molecule has 4 aromatic rings. The molecule has 6 heteroatoms. The second-order valence-corrected chi connectivity index (χ2v) is 6.84. The third-order valence-electron chi connectivity index (χ3n) is 3.91. The lowest BCUT2D eigenvalue weighted by molar-refractivity contribution is 0.0960. The quantitative estimate of drug-likeness (QED) is 0.527. The van der Waals surface area contributed by atoms with Crippen molar-refractivity contribution < 1.29 is 4.79 Å². The van der Waals surface area contributed by atoms with Crippen molar-refractivity contribution in [1.29, 1.82) is 0 Å². The van der Waals surface area contributed by atoms with E-state index in [1.165, 1.54) is 0 Å². The summed E-state index contributed by atoms with van der Waals surface area (Å²) in [5.41, 5.74) is 2.47. The van der Waals surface area contributed by atoms with Crippen molar-refractivity contribution in [1.82, 2.24) is 20.5 Å². The highest BCUT2D eigenvalue weighted by molar-refractivity contribution is 7.99. The summed E-state index contributed by atoms with van der Waals surface area (Å²) in [6.45, 7) is 3.75. The Balaban J connectivity index is 0.000000320. The number of aromatic nitrogens is 3. The number of benzene rings is 2. The Labute approximate surface area is 167 Å². The number of hydrogen-bond donors (Lipinski definition) is 2. The molecule has 0 saturated carbocycles. The molecule has 5 nitrogen and oxygen atoms in total. The first kappa shape index (κ1) is 19.4. The van der Waals surface area contributed by atoms with E-state index < -0.39 is 0 Å². The topological polar surface area (TPSA) is 70.7 Å². The van der Waals surface area contributed by atoms with Crippen LogP contribution in [-0.4, -0.2) is 28.1 Å². The smallest absolute Gasteiger partial charge is 0.252 e. The van der Waals surface area contributed by atoms with Gasteiger partial charge in [-0.05, 0) is 48.5 Å². The van der Waals surface area contributed by atoms with E-state index in [0.29, 0.717) is 5.56 Å². The Morgan fingerprint density at radius 2 is 1.89 bits per heavy atom. The maximum atomic E-state index is 11.9. The van der Waals surface area contributed by atoms with Crippen molar-refractivity contribution in [2.75, 3.05) is 7.05 Å². The molecule has 140 valence electrons. The lowest BCUT2D eigenvalue weighted by Crippen LogP contribution is -2.18. The number of nitrogens with zero attached hydrogens (tertiary/aromatic N) is 2. The lowest BCUT2D eigenvalue weighted by atomic mass is 10.2. The number of pyridine rings is 1. The molecule has 0 fully saturated rings. The number of amides is 1. The summed E-state index contributed by atoms with van der Waals surface area (Å²) >= 11 is 1.56. The summed E-state index contributed by atoms with van der Waals surface area (Å²) in [5, 5.41) is 10.9. The summed E-state index contributed by atoms with van der Waals surface area (Å²) < 4.78 is 0. The fourth-order valence-electron chi connectivity index (χ4n) is 2.56. The van der Waals surface area contributed by atoms with Gasteiger partial charge >= 0.3 is 0 Å². The molecule has 2 aromatic heterocycles. The molecule has 0 saturated heterocycles. The van der Waals surface area contributed by atoms with Crippen molar-refractivity contribution in [2.45, 2.75) is 9.79 Å². The number of aromatic amines is 1. The second kappa shape index (κ2) is 9.53. The van der Waals surface area contributed by atoms with E-state index in [4.69, 9.17) is 0 Å². The van der Waals surface area contributed by atoms with Crippen LogP contribution in [0.3, 0.4) is 0 Å². The fourth-order valence-corrected chi connectivity index (χ4v) is 3.54. The molecule has 0 aliphatic carbocycles. The van der Waals surface area contributed by atoms with Crippen LogP contribution >= 0.6 is 11.8 Å². The minimum Gasteiger partial charge on any atom is -0.355 e. The summed E-state index contributed by atoms with van der Waals surface area (Å²) in [7, 11) is 1.64. The highest BCUT2D eigenvalue weighted by Crippen LogP contribution is 2.32. The standard InChI is InChI=1S/C17H15N3OS.C5H5N/c1-3-14-12-9-8-11(10-15(12)20-19-14)22-16-7-5-4-6-13(16)17(21)18-2;1-2-4-6-5-3-1/h3-10H,1H2,2H3,(H,18,21)(H,19,20);1-5H. The van der Waals surface area contributed by atoms with Crippen LogP contribution in [0.1, 0.15) is 16.1 Å². The van der Waals surface area contributed by atoms with Crippen molar-refractivity contribution >= 4 is 34.6 Å². The second-order valence-electron chi connectivity index (χ2n) is 5.72. The van der Waals surface area contributed by atoms with Crippen LogP contribution in [0, 0.1) is 0 Å². The van der Waals surface area contributed by atoms with Gasteiger partial charge in [0, 0.05) is 34.6 Å². The first-order valence-electron chi connectivity index (χ1n) is 8.67. The monoisotopic (exact) mass is 388 g/mol. The molecule has 0 aliphatic rings. The van der Waals surface area contributed by atoms with Crippen LogP contribution in [-0.2, 0) is 0 Å². The van der Waals surface area contributed by atoms with Gasteiger partial charge < -0.3 is 5.32 Å². The minimum absolute atomic E-state index is 0.0836. The first-order valence-corrected chi connectivity index (χ1v) is 9.49. The number of fused-ring (bicyclic) bond motifs is 1. The van der Waals surface area contributed by atoms with Crippen LogP contribution < -0.4 is 5.32 Å². The SMILES string of the molecule is C=Cc1n[nH]c2cc(Sc3ccccc3C(=O)NC)ccc12.c1ccncc1. The van der Waals surface area contributed by atoms with Crippen molar-refractivity contribution in [2.24, 2.45) is 0 Å². The summed E-state index contributed by atoms with van der Waals surface area (Å²) in [6, 6.07) is 19.3. The zero-order valence-corrected chi connectivity index (χ0v) is 16.2. The van der Waals surface area contributed by atoms with Gasteiger partial charge in [-0.25, -0.2) is 0 Å². The molecule has 0 aliphatic heterocycles. The third kappa shape index (κ3) is 4.66. The Bertz CT molecular complexity index is 1050. The molecular formula is C22H20N4OS. The van der Waals surface area contributed by atoms with Crippen LogP contribution in [0.2, 0.25) is 0 Å². The highest BCUT2D eigenvalue weighted by atomic mass is 32.2. The predicted molar refractivity (Wildman–Crippen MR) is 114 cm³/mol. The molecule has 2 aromatic carbocycles. The van der Waals surface area contributed by atoms with Crippen molar-refractivity contribution in [3.05, 3.63) is 90.9 Å². The number of hydrogen-bond acceptors (Lipinski definition) is 4. The first-order chi connectivity index (χ1) is 13.7. The number of rotatable bonds is 4. The fraction of sp³-hybridized carbons (Fsp3) is 0.0455. The van der Waals surface area contributed by atoms with E-state index in [1.54, 1.807) is 37.3 Å². The normalized spacial score (nSPS) is 10.0. The van der Waals surface area contributed by atoms with Crippen molar-refractivity contribution in [3.63, 3.8) is 0 Å². The molecule has 0 radical (unpaired) electrons. The van der Waals surface area contributed by atoms with Crippen molar-refractivity contribution in [3.8, 4) is 0 Å². The molecule has 0 atom stereocenters. The van der Waals surface area contributed by atoms with Gasteiger partial charge in [0.2, 0.25) is 0 Å². The van der Waals surface area contributed by atoms with Crippen LogP contribution in [0.5, 0.6) is 0 Å². The molecule has 2 heterocycles. The average Bonchev–Trinajstić information content (AvgIpc) is 3.17. The van der Waals surface area contributed by atoms with Gasteiger partial charge in [-0.15, -0.1) is 0 Å². The maximum absolute atomic E-state index is 11.9. The molecule has 4 rings (SSSR count). The number of carbonyl (C=O) groups is 1. The van der Waals surface area contributed by atoms with Crippen LogP contribution in [0.25, 0.3) is 17.0 Å². The molecule has 0 spiro atoms. The molecule has 28 heavy (non-hydrogen) atoms. The van der Waals surface area contributed by atoms with Gasteiger partial charge in [0.05, 0.1) is 16.8 Å². The van der Waals surface area contributed by atoms with Gasteiger partial charge in [0.1, 0.15) is 0 Å². The lowest BCUT2D eigenvalue weighted by Gasteiger charge is -2.08. The molecule has 0 unspecified atom stereocenters. The highest BCUT2D eigenvalue weighted by Gasteiger charge is 2.11. The molecule has 0 bridgehead atoms. The Morgan fingerprint density at radius 1 is 1.11 bits per heavy atom. The van der Waals surface area contributed by atoms with E-state index in [-0.39, 0.29) is 5.91 Å². The molecule has 1 amide bonds. The third-order valence-corrected chi connectivity index (χ3v) is 4.98.